The molecule has 6 nitrogen and oxygen atoms in total. The number of imidazole rings is 1. The molecule has 0 saturated carbocycles. The second kappa shape index (κ2) is 17.1. The summed E-state index contributed by atoms with van der Waals surface area (Å²) in [6, 6.07) is 40.4. The molecule has 58 heavy (non-hydrogen) atoms. The molecule has 5 heterocycles. The van der Waals surface area contributed by atoms with E-state index in [0.29, 0.717) is 18.4 Å². The van der Waals surface area contributed by atoms with Crippen LogP contribution in [-0.2, 0) is 33.1 Å². The summed E-state index contributed by atoms with van der Waals surface area (Å²) in [4.78, 5) is 19.0. The molecule has 295 valence electrons. The molecule has 0 bridgehead atoms. The molecule has 5 aromatic heterocycles. The molecule has 0 unspecified atom stereocenters. The van der Waals surface area contributed by atoms with Crippen molar-refractivity contribution in [3.63, 3.8) is 0 Å². The smallest absolute Gasteiger partial charge is 0.142 e. The minimum absolute atomic E-state index is 0. The fourth-order valence-electron chi connectivity index (χ4n) is 7.64. The van der Waals surface area contributed by atoms with E-state index >= 15 is 0 Å². The van der Waals surface area contributed by atoms with Gasteiger partial charge in [-0.2, -0.15) is 0 Å². The molecule has 0 saturated heterocycles. The van der Waals surface area contributed by atoms with Crippen LogP contribution in [-0.4, -0.2) is 37.8 Å². The van der Waals surface area contributed by atoms with E-state index in [0.717, 1.165) is 73.4 Å². The summed E-state index contributed by atoms with van der Waals surface area (Å²) in [5.41, 5.74) is 11.1. The second-order valence-corrected chi connectivity index (χ2v) is 27.4. The molecule has 1 radical (unpaired) electrons. The van der Waals surface area contributed by atoms with Gasteiger partial charge in [0.25, 0.3) is 0 Å². The average Bonchev–Trinajstić information content (AvgIpc) is 3.76. The minimum atomic E-state index is -1.91. The number of aromatic nitrogens is 5. The number of rotatable bonds is 8. The topological polar surface area (TPSA) is 69.6 Å². The monoisotopic (exact) mass is 1000 g/mol. The summed E-state index contributed by atoms with van der Waals surface area (Å²) in [5.74, 6) is 9.16. The summed E-state index contributed by atoms with van der Waals surface area (Å²) >= 11 is -1.91. The molecule has 4 aromatic carbocycles. The van der Waals surface area contributed by atoms with Crippen LogP contribution in [0, 0.1) is 25.0 Å². The summed E-state index contributed by atoms with van der Waals surface area (Å²) in [6.45, 7) is 11.5. The SMILES string of the molecule is CC(C)Cc1cc(-c2[c-]cc3ccccc3c2)nc[c]1[Ge]([CH3])([CH3])[CH3].Cc1nccc2c1oc1c(-c3nc4cc(C(C)C)ncc4n3Cc3ccccc3)[c-]ccc12.[Ir]. The zero-order valence-corrected chi connectivity index (χ0v) is 39.0. The van der Waals surface area contributed by atoms with Crippen molar-refractivity contribution >= 4 is 61.4 Å². The van der Waals surface area contributed by atoms with Gasteiger partial charge in [-0.3, -0.25) is 15.0 Å². The van der Waals surface area contributed by atoms with Gasteiger partial charge in [0.05, 0.1) is 34.3 Å². The van der Waals surface area contributed by atoms with Crippen LogP contribution in [0.3, 0.4) is 0 Å². The maximum Gasteiger partial charge on any atom is 0.142 e. The molecule has 0 fully saturated rings. The van der Waals surface area contributed by atoms with Crippen LogP contribution in [0.5, 0.6) is 0 Å². The molecule has 0 N–H and O–H groups in total. The first-order chi connectivity index (χ1) is 27.4. The Morgan fingerprint density at radius 3 is 2.26 bits per heavy atom. The Bertz CT molecular complexity index is 2870. The standard InChI is InChI=1S/C28H23N4O.C22H26GeN.Ir/c1-17(2)23-14-24-25(15-30-23)32(16-19-8-5-4-6-9-19)28(31-24)22-11-7-10-20-21-12-13-29-18(3)26(21)33-27(20)22;1-16(2)12-20-14-22(24-15-21(20)23(3,4)5)19-11-10-17-8-6-7-9-18(17)13-19;/h4-10,12-15,17H,16H2,1-3H3;6-10,13-16H,12H2,1-5H3;/q2*-1;. The van der Waals surface area contributed by atoms with E-state index in [-0.39, 0.29) is 20.1 Å². The normalized spacial score (nSPS) is 11.8. The van der Waals surface area contributed by atoms with Gasteiger partial charge in [0.15, 0.2) is 0 Å². The third-order valence-corrected chi connectivity index (χ3v) is 14.9. The number of fused-ring (bicyclic) bond motifs is 5. The first kappa shape index (κ1) is 41.2. The Kier molecular flexibility index (Phi) is 12.2. The van der Waals surface area contributed by atoms with Crippen molar-refractivity contribution < 1.29 is 24.5 Å². The number of pyridine rings is 3. The van der Waals surface area contributed by atoms with Crippen LogP contribution in [0.2, 0.25) is 17.3 Å². The number of hydrogen-bond donors (Lipinski definition) is 0. The van der Waals surface area contributed by atoms with Crippen LogP contribution in [0.1, 0.15) is 56.1 Å². The van der Waals surface area contributed by atoms with E-state index in [1.54, 1.807) is 0 Å². The van der Waals surface area contributed by atoms with Crippen molar-refractivity contribution in [1.82, 2.24) is 24.5 Å². The second-order valence-electron chi connectivity index (χ2n) is 16.8. The van der Waals surface area contributed by atoms with Crippen LogP contribution in [0.4, 0.5) is 0 Å². The Labute approximate surface area is 357 Å². The summed E-state index contributed by atoms with van der Waals surface area (Å²) in [5, 5.41) is 4.58. The summed E-state index contributed by atoms with van der Waals surface area (Å²) < 4.78 is 10.1. The Hall–Kier alpha value is -4.95. The van der Waals surface area contributed by atoms with Crippen LogP contribution < -0.4 is 4.40 Å². The molecule has 9 rings (SSSR count). The van der Waals surface area contributed by atoms with E-state index in [1.165, 1.54) is 26.3 Å². The zero-order valence-electron chi connectivity index (χ0n) is 34.5. The van der Waals surface area contributed by atoms with Gasteiger partial charge < -0.3 is 8.98 Å². The number of furan rings is 1. The largest absolute Gasteiger partial charge is 0.499 e. The van der Waals surface area contributed by atoms with Gasteiger partial charge in [-0.25, -0.2) is 0 Å². The third kappa shape index (κ3) is 8.45. The van der Waals surface area contributed by atoms with Gasteiger partial charge in [0.2, 0.25) is 0 Å². The fraction of sp³-hybridized carbons (Fsp3) is 0.240. The Balaban J connectivity index is 0.000000183. The minimum Gasteiger partial charge on any atom is -0.499 e. The van der Waals surface area contributed by atoms with Crippen molar-refractivity contribution in [2.24, 2.45) is 5.92 Å². The van der Waals surface area contributed by atoms with E-state index in [1.807, 2.05) is 43.6 Å². The quantitative estimate of drug-likeness (QED) is 0.112. The van der Waals surface area contributed by atoms with Crippen LogP contribution in [0.25, 0.3) is 66.4 Å². The predicted octanol–water partition coefficient (Wildman–Crippen LogP) is 12.1. The molecule has 0 aliphatic carbocycles. The molecular weight excluding hydrogens is 951 g/mol. The molecule has 0 amide bonds. The predicted molar refractivity (Wildman–Crippen MR) is 239 cm³/mol. The van der Waals surface area contributed by atoms with Gasteiger partial charge in [-0.1, -0.05) is 55.1 Å². The van der Waals surface area contributed by atoms with Crippen molar-refractivity contribution in [3.8, 4) is 22.6 Å². The van der Waals surface area contributed by atoms with Crippen molar-refractivity contribution in [2.45, 2.75) is 70.8 Å². The molecule has 0 spiro atoms. The maximum atomic E-state index is 6.37. The van der Waals surface area contributed by atoms with E-state index < -0.39 is 13.3 Å². The van der Waals surface area contributed by atoms with E-state index in [2.05, 4.69) is 146 Å². The van der Waals surface area contributed by atoms with Crippen LogP contribution >= 0.6 is 0 Å². The Morgan fingerprint density at radius 1 is 0.776 bits per heavy atom. The molecule has 8 heteroatoms. The van der Waals surface area contributed by atoms with Crippen molar-refractivity contribution in [2.75, 3.05) is 0 Å². The van der Waals surface area contributed by atoms with Gasteiger partial charge in [-0.15, -0.1) is 18.2 Å². The summed E-state index contributed by atoms with van der Waals surface area (Å²) in [6.07, 6.45) is 7.04. The van der Waals surface area contributed by atoms with Gasteiger partial charge >= 0.3 is 148 Å². The van der Waals surface area contributed by atoms with Gasteiger partial charge in [-0.05, 0) is 30.5 Å². The first-order valence-electron chi connectivity index (χ1n) is 19.9. The van der Waals surface area contributed by atoms with Gasteiger partial charge in [0, 0.05) is 43.9 Å². The van der Waals surface area contributed by atoms with Gasteiger partial charge in [0.1, 0.15) is 5.58 Å². The molecular formula is C50H49GeIrN5O-2. The van der Waals surface area contributed by atoms with E-state index in [4.69, 9.17) is 19.4 Å². The number of benzene rings is 4. The Morgan fingerprint density at radius 2 is 1.52 bits per heavy atom. The van der Waals surface area contributed by atoms with Crippen molar-refractivity contribution in [3.05, 3.63) is 150 Å². The van der Waals surface area contributed by atoms with E-state index in [9.17, 15) is 0 Å². The number of nitrogens with zero attached hydrogens (tertiary/aromatic N) is 5. The fourth-order valence-corrected chi connectivity index (χ4v) is 11.0. The third-order valence-electron chi connectivity index (χ3n) is 10.6. The molecule has 0 aliphatic heterocycles. The number of hydrogen-bond acceptors (Lipinski definition) is 5. The number of aryl methyl sites for hydroxylation is 1. The molecule has 0 atom stereocenters. The first-order valence-corrected chi connectivity index (χ1v) is 27.3. The van der Waals surface area contributed by atoms with Crippen molar-refractivity contribution in [1.29, 1.82) is 0 Å². The maximum absolute atomic E-state index is 6.37. The van der Waals surface area contributed by atoms with Crippen LogP contribution in [0.15, 0.2) is 120 Å². The summed E-state index contributed by atoms with van der Waals surface area (Å²) in [7, 11) is 0. The molecule has 0 aliphatic rings. The molecule has 9 aromatic rings. The zero-order chi connectivity index (χ0) is 39.8. The average molecular weight is 1000 g/mol.